The fraction of sp³-hybridized carbons (Fsp3) is 0.158. The van der Waals surface area contributed by atoms with Crippen LogP contribution in [0.1, 0.15) is 16.1 Å². The van der Waals surface area contributed by atoms with Gasteiger partial charge in [-0.2, -0.15) is 0 Å². The van der Waals surface area contributed by atoms with Crippen LogP contribution in [-0.2, 0) is 10.0 Å². The Morgan fingerprint density at radius 1 is 1.03 bits per heavy atom. The highest BCUT2D eigenvalue weighted by molar-refractivity contribution is 7.92. The first kappa shape index (κ1) is 20.2. The number of hydrogen-bond donors (Lipinski definition) is 2. The molecule has 0 saturated heterocycles. The average molecular weight is 417 g/mol. The van der Waals surface area contributed by atoms with Gasteiger partial charge in [-0.1, -0.05) is 5.16 Å². The molecule has 0 aliphatic heterocycles. The summed E-state index contributed by atoms with van der Waals surface area (Å²) in [7, 11) is -1.13. The number of amides is 1. The maximum atomic E-state index is 12.8. The van der Waals surface area contributed by atoms with Crippen LogP contribution in [0.5, 0.6) is 11.5 Å². The van der Waals surface area contributed by atoms with Gasteiger partial charge >= 0.3 is 0 Å². The zero-order valence-electron chi connectivity index (χ0n) is 15.9. The number of carbonyl (C=O) groups excluding carboxylic acids is 1. The zero-order valence-corrected chi connectivity index (χ0v) is 16.7. The lowest BCUT2D eigenvalue weighted by Crippen LogP contribution is -2.15. The van der Waals surface area contributed by atoms with Crippen molar-refractivity contribution in [3.8, 4) is 11.5 Å². The number of anilines is 2. The van der Waals surface area contributed by atoms with Gasteiger partial charge in [0.15, 0.2) is 5.82 Å². The molecule has 3 rings (SSSR count). The Morgan fingerprint density at radius 3 is 2.34 bits per heavy atom. The summed E-state index contributed by atoms with van der Waals surface area (Å²) in [5.41, 5.74) is 0.608. The molecule has 29 heavy (non-hydrogen) atoms. The molecule has 0 bridgehead atoms. The van der Waals surface area contributed by atoms with E-state index in [9.17, 15) is 13.2 Å². The molecule has 1 heterocycles. The van der Waals surface area contributed by atoms with Gasteiger partial charge in [0.25, 0.3) is 15.9 Å². The molecular formula is C19H19N3O6S. The number of carbonyl (C=O) groups is 1. The van der Waals surface area contributed by atoms with E-state index in [-0.39, 0.29) is 16.3 Å². The Hall–Kier alpha value is -3.53. The second-order valence-electron chi connectivity index (χ2n) is 5.98. The summed E-state index contributed by atoms with van der Waals surface area (Å²) in [5, 5.41) is 6.28. The maximum absolute atomic E-state index is 12.8. The van der Waals surface area contributed by atoms with Crippen molar-refractivity contribution in [2.45, 2.75) is 11.8 Å². The molecule has 2 aromatic carbocycles. The highest BCUT2D eigenvalue weighted by atomic mass is 32.2. The minimum absolute atomic E-state index is 0.0671. The Morgan fingerprint density at radius 2 is 1.76 bits per heavy atom. The van der Waals surface area contributed by atoms with Crippen molar-refractivity contribution in [1.82, 2.24) is 5.16 Å². The number of hydrogen-bond acceptors (Lipinski definition) is 7. The summed E-state index contributed by atoms with van der Waals surface area (Å²) >= 11 is 0. The lowest BCUT2D eigenvalue weighted by molar-refractivity contribution is 0.102. The average Bonchev–Trinajstić information content (AvgIpc) is 3.12. The highest BCUT2D eigenvalue weighted by Crippen LogP contribution is 2.29. The van der Waals surface area contributed by atoms with Crippen molar-refractivity contribution in [2.24, 2.45) is 0 Å². The van der Waals surface area contributed by atoms with E-state index in [1.807, 2.05) is 0 Å². The number of nitrogens with zero attached hydrogens (tertiary/aromatic N) is 1. The van der Waals surface area contributed by atoms with E-state index < -0.39 is 15.9 Å². The standard InChI is InChI=1S/C19H19N3O6S/c1-12-10-18(21-28-12)20-19(23)13-4-6-14(7-5-13)22-29(24,25)17-11-15(26-2)8-9-16(17)27-3/h4-11,22H,1-3H3,(H,20,21,23). The molecule has 0 aliphatic carbocycles. The van der Waals surface area contributed by atoms with Crippen molar-refractivity contribution in [3.63, 3.8) is 0 Å². The number of aromatic nitrogens is 1. The lowest BCUT2D eigenvalue weighted by Gasteiger charge is -2.13. The Labute approximate surface area is 167 Å². The molecule has 0 unspecified atom stereocenters. The molecule has 0 aliphatic rings. The molecule has 0 spiro atoms. The minimum Gasteiger partial charge on any atom is -0.497 e. The summed E-state index contributed by atoms with van der Waals surface area (Å²) in [5.74, 6) is 1.01. The van der Waals surface area contributed by atoms with Crippen molar-refractivity contribution < 1.29 is 27.2 Å². The van der Waals surface area contributed by atoms with Gasteiger partial charge < -0.3 is 19.3 Å². The minimum atomic E-state index is -3.95. The number of benzene rings is 2. The number of nitrogens with one attached hydrogen (secondary N) is 2. The monoisotopic (exact) mass is 417 g/mol. The first-order chi connectivity index (χ1) is 13.8. The quantitative estimate of drug-likeness (QED) is 0.606. The van der Waals surface area contributed by atoms with Gasteiger partial charge in [-0.05, 0) is 43.3 Å². The molecular weight excluding hydrogens is 398 g/mol. The summed E-state index contributed by atoms with van der Waals surface area (Å²) in [6, 6.07) is 12.0. The van der Waals surface area contributed by atoms with Crippen LogP contribution < -0.4 is 19.5 Å². The van der Waals surface area contributed by atoms with E-state index >= 15 is 0 Å². The topological polar surface area (TPSA) is 120 Å². The highest BCUT2D eigenvalue weighted by Gasteiger charge is 2.21. The van der Waals surface area contributed by atoms with Crippen LogP contribution in [-0.4, -0.2) is 33.7 Å². The Kier molecular flexibility index (Phi) is 5.74. The van der Waals surface area contributed by atoms with E-state index in [2.05, 4.69) is 15.2 Å². The lowest BCUT2D eigenvalue weighted by atomic mass is 10.2. The molecule has 9 nitrogen and oxygen atoms in total. The molecule has 0 fully saturated rings. The van der Waals surface area contributed by atoms with Crippen LogP contribution in [0.15, 0.2) is 57.9 Å². The largest absolute Gasteiger partial charge is 0.497 e. The van der Waals surface area contributed by atoms with Gasteiger partial charge in [0.05, 0.1) is 14.2 Å². The summed E-state index contributed by atoms with van der Waals surface area (Å²) in [4.78, 5) is 12.2. The molecule has 152 valence electrons. The van der Waals surface area contributed by atoms with Gasteiger partial charge in [-0.25, -0.2) is 8.42 Å². The fourth-order valence-corrected chi connectivity index (χ4v) is 3.75. The smallest absolute Gasteiger partial charge is 0.265 e. The first-order valence-corrected chi connectivity index (χ1v) is 9.90. The van der Waals surface area contributed by atoms with Crippen molar-refractivity contribution in [3.05, 3.63) is 59.9 Å². The molecule has 1 amide bonds. The van der Waals surface area contributed by atoms with Crippen LogP contribution >= 0.6 is 0 Å². The third-order valence-corrected chi connectivity index (χ3v) is 5.33. The third-order valence-electron chi connectivity index (χ3n) is 3.93. The maximum Gasteiger partial charge on any atom is 0.265 e. The van der Waals surface area contributed by atoms with E-state index in [0.717, 1.165) is 0 Å². The van der Waals surface area contributed by atoms with Crippen LogP contribution in [0, 0.1) is 6.92 Å². The van der Waals surface area contributed by atoms with E-state index in [1.54, 1.807) is 19.1 Å². The van der Waals surface area contributed by atoms with Gasteiger partial charge in [0.2, 0.25) is 0 Å². The number of rotatable bonds is 7. The van der Waals surface area contributed by atoms with Crippen molar-refractivity contribution >= 4 is 27.4 Å². The van der Waals surface area contributed by atoms with E-state index in [1.165, 1.54) is 50.6 Å². The predicted molar refractivity (Wildman–Crippen MR) is 106 cm³/mol. The van der Waals surface area contributed by atoms with Crippen LogP contribution in [0.2, 0.25) is 0 Å². The van der Waals surface area contributed by atoms with Crippen LogP contribution in [0.4, 0.5) is 11.5 Å². The van der Waals surface area contributed by atoms with Crippen LogP contribution in [0.25, 0.3) is 0 Å². The first-order valence-electron chi connectivity index (χ1n) is 8.42. The molecule has 3 aromatic rings. The number of sulfonamides is 1. The van der Waals surface area contributed by atoms with Gasteiger partial charge in [-0.3, -0.25) is 9.52 Å². The summed E-state index contributed by atoms with van der Waals surface area (Å²) in [6.45, 7) is 1.71. The predicted octanol–water partition coefficient (Wildman–Crippen LogP) is 3.05. The Balaban J connectivity index is 1.77. The molecule has 0 radical (unpaired) electrons. The van der Waals surface area contributed by atoms with Gasteiger partial charge in [0.1, 0.15) is 22.2 Å². The van der Waals surface area contributed by atoms with Crippen molar-refractivity contribution in [1.29, 1.82) is 0 Å². The normalized spacial score (nSPS) is 11.0. The van der Waals surface area contributed by atoms with E-state index in [0.29, 0.717) is 22.9 Å². The second-order valence-corrected chi connectivity index (χ2v) is 7.63. The van der Waals surface area contributed by atoms with E-state index in [4.69, 9.17) is 14.0 Å². The number of ether oxygens (including phenoxy) is 2. The Bertz CT molecular complexity index is 1120. The SMILES string of the molecule is COc1ccc(OC)c(S(=O)(=O)Nc2ccc(C(=O)Nc3cc(C)on3)cc2)c1. The van der Waals surface area contributed by atoms with Crippen LogP contribution in [0.3, 0.4) is 0 Å². The molecule has 10 heteroatoms. The van der Waals surface area contributed by atoms with Gasteiger partial charge in [0, 0.05) is 23.4 Å². The summed E-state index contributed by atoms with van der Waals surface area (Å²) < 4.78 is 43.1. The zero-order chi connectivity index (χ0) is 21.0. The molecule has 0 saturated carbocycles. The molecule has 2 N–H and O–H groups in total. The number of methoxy groups -OCH3 is 2. The number of aryl methyl sites for hydroxylation is 1. The summed E-state index contributed by atoms with van der Waals surface area (Å²) in [6.07, 6.45) is 0. The van der Waals surface area contributed by atoms with Crippen molar-refractivity contribution in [2.75, 3.05) is 24.3 Å². The molecule has 0 atom stereocenters. The second kappa shape index (κ2) is 8.23. The fourth-order valence-electron chi connectivity index (χ4n) is 2.51. The third kappa shape index (κ3) is 4.66. The molecule has 1 aromatic heterocycles. The van der Waals surface area contributed by atoms with Gasteiger partial charge in [-0.15, -0.1) is 0 Å².